The molecule has 1 aromatic heterocycles. The van der Waals surface area contributed by atoms with E-state index >= 15 is 0 Å². The van der Waals surface area contributed by atoms with Crippen LogP contribution >= 0.6 is 0 Å². The van der Waals surface area contributed by atoms with Crippen molar-refractivity contribution in [1.82, 2.24) is 9.78 Å². The van der Waals surface area contributed by atoms with Gasteiger partial charge in [-0.1, -0.05) is 0 Å². The molecule has 1 saturated carbocycles. The first-order valence-corrected chi connectivity index (χ1v) is 6.27. The van der Waals surface area contributed by atoms with Gasteiger partial charge in [-0.25, -0.2) is 4.68 Å². The lowest BCUT2D eigenvalue weighted by atomic mass is 10.2. The smallest absolute Gasteiger partial charge is 0.148 e. The van der Waals surface area contributed by atoms with Crippen molar-refractivity contribution in [3.05, 3.63) is 5.69 Å². The first-order valence-electron chi connectivity index (χ1n) is 6.27. The molecule has 1 heterocycles. The van der Waals surface area contributed by atoms with Gasteiger partial charge in [-0.2, -0.15) is 5.10 Å². The van der Waals surface area contributed by atoms with E-state index in [4.69, 9.17) is 10.5 Å². The average molecular weight is 238 g/mol. The summed E-state index contributed by atoms with van der Waals surface area (Å²) in [5.41, 5.74) is 7.72. The Hall–Kier alpha value is -1.23. The zero-order valence-corrected chi connectivity index (χ0v) is 10.9. The van der Waals surface area contributed by atoms with Gasteiger partial charge in [-0.15, -0.1) is 0 Å². The summed E-state index contributed by atoms with van der Waals surface area (Å²) in [6, 6.07) is 0.448. The lowest BCUT2D eigenvalue weighted by molar-refractivity contribution is 0.108. The normalized spacial score (nSPS) is 24.2. The second-order valence-electron chi connectivity index (χ2n) is 4.68. The van der Waals surface area contributed by atoms with Crippen molar-refractivity contribution in [3.8, 4) is 0 Å². The van der Waals surface area contributed by atoms with Crippen LogP contribution in [-0.4, -0.2) is 29.0 Å². The van der Waals surface area contributed by atoms with Crippen molar-refractivity contribution < 1.29 is 4.74 Å². The lowest BCUT2D eigenvalue weighted by Gasteiger charge is -2.15. The van der Waals surface area contributed by atoms with Crippen LogP contribution in [0.4, 0.5) is 11.5 Å². The van der Waals surface area contributed by atoms with Crippen molar-refractivity contribution >= 4 is 11.5 Å². The van der Waals surface area contributed by atoms with Crippen LogP contribution < -0.4 is 11.1 Å². The molecule has 1 fully saturated rings. The number of rotatable bonds is 4. The van der Waals surface area contributed by atoms with Crippen LogP contribution in [0.25, 0.3) is 0 Å². The van der Waals surface area contributed by atoms with E-state index < -0.39 is 0 Å². The summed E-state index contributed by atoms with van der Waals surface area (Å²) in [6.07, 6.45) is 3.68. The first kappa shape index (κ1) is 12.2. The number of nitrogens with two attached hydrogens (primary N) is 1. The van der Waals surface area contributed by atoms with Crippen molar-refractivity contribution in [3.63, 3.8) is 0 Å². The molecule has 3 N–H and O–H groups in total. The molecule has 5 nitrogen and oxygen atoms in total. The molecule has 2 unspecified atom stereocenters. The van der Waals surface area contributed by atoms with Gasteiger partial charge in [0.15, 0.2) is 0 Å². The largest absolute Gasteiger partial charge is 0.394 e. The number of nitrogens with one attached hydrogen (secondary N) is 1. The molecule has 2 atom stereocenters. The third-order valence-electron chi connectivity index (χ3n) is 3.53. The summed E-state index contributed by atoms with van der Waals surface area (Å²) in [7, 11) is 1.78. The van der Waals surface area contributed by atoms with Crippen LogP contribution in [0.2, 0.25) is 0 Å². The number of anilines is 2. The van der Waals surface area contributed by atoms with Crippen molar-refractivity contribution in [2.45, 2.75) is 51.8 Å². The highest BCUT2D eigenvalue weighted by Crippen LogP contribution is 2.28. The van der Waals surface area contributed by atoms with Crippen molar-refractivity contribution in [2.75, 3.05) is 18.2 Å². The van der Waals surface area contributed by atoms with E-state index in [1.165, 1.54) is 0 Å². The van der Waals surface area contributed by atoms with Gasteiger partial charge in [0, 0.05) is 19.7 Å². The number of hydrogen-bond donors (Lipinski definition) is 2. The minimum atomic E-state index is 0.382. The van der Waals surface area contributed by atoms with E-state index in [1.807, 2.05) is 11.6 Å². The number of nitrogen functional groups attached to an aromatic ring is 1. The quantitative estimate of drug-likeness (QED) is 0.839. The maximum atomic E-state index is 6.05. The fraction of sp³-hybridized carbons (Fsp3) is 0.750. The first-order chi connectivity index (χ1) is 8.15. The van der Waals surface area contributed by atoms with E-state index in [0.717, 1.165) is 43.0 Å². The van der Waals surface area contributed by atoms with Gasteiger partial charge in [0.25, 0.3) is 0 Å². The predicted molar refractivity (Wildman–Crippen MR) is 69.1 cm³/mol. The zero-order chi connectivity index (χ0) is 12.4. The molecule has 5 heteroatoms. The second kappa shape index (κ2) is 4.96. The van der Waals surface area contributed by atoms with Gasteiger partial charge in [0.1, 0.15) is 5.82 Å². The third-order valence-corrected chi connectivity index (χ3v) is 3.53. The number of hydrogen-bond acceptors (Lipinski definition) is 4. The Morgan fingerprint density at radius 1 is 1.53 bits per heavy atom. The van der Waals surface area contributed by atoms with E-state index in [-0.39, 0.29) is 0 Å². The topological polar surface area (TPSA) is 65.1 Å². The summed E-state index contributed by atoms with van der Waals surface area (Å²) in [6.45, 7) is 4.85. The summed E-state index contributed by atoms with van der Waals surface area (Å²) in [5, 5.41) is 7.92. The highest BCUT2D eigenvalue weighted by Gasteiger charge is 2.26. The fourth-order valence-electron chi connectivity index (χ4n) is 2.46. The van der Waals surface area contributed by atoms with Gasteiger partial charge < -0.3 is 15.8 Å². The monoisotopic (exact) mass is 238 g/mol. The number of methoxy groups -OCH3 is 1. The minimum Gasteiger partial charge on any atom is -0.394 e. The van der Waals surface area contributed by atoms with Crippen LogP contribution in [0, 0.1) is 6.92 Å². The maximum absolute atomic E-state index is 6.05. The highest BCUT2D eigenvalue weighted by molar-refractivity contribution is 5.65. The minimum absolute atomic E-state index is 0.382. The van der Waals surface area contributed by atoms with Gasteiger partial charge in [-0.3, -0.25) is 0 Å². The predicted octanol–water partition coefficient (Wildman–Crippen LogP) is 1.77. The molecule has 1 aliphatic carbocycles. The summed E-state index contributed by atoms with van der Waals surface area (Å²) in [4.78, 5) is 0. The van der Waals surface area contributed by atoms with E-state index in [9.17, 15) is 0 Å². The molecule has 0 saturated heterocycles. The number of ether oxygens (including phenoxy) is 1. The molecule has 17 heavy (non-hydrogen) atoms. The molecule has 0 bridgehead atoms. The summed E-state index contributed by atoms with van der Waals surface area (Å²) in [5.74, 6) is 0.965. The molecule has 0 amide bonds. The molecule has 1 aliphatic rings. The Morgan fingerprint density at radius 2 is 2.29 bits per heavy atom. The Kier molecular flexibility index (Phi) is 3.57. The van der Waals surface area contributed by atoms with Crippen LogP contribution in [0.3, 0.4) is 0 Å². The highest BCUT2D eigenvalue weighted by atomic mass is 16.5. The number of aromatic nitrogens is 2. The molecule has 1 aromatic rings. The molecule has 0 radical (unpaired) electrons. The number of nitrogens with zero attached hydrogens (tertiary/aromatic N) is 2. The fourth-order valence-corrected chi connectivity index (χ4v) is 2.46. The maximum Gasteiger partial charge on any atom is 0.148 e. The Morgan fingerprint density at radius 3 is 2.88 bits per heavy atom. The molecular formula is C12H22N4O. The van der Waals surface area contributed by atoms with Gasteiger partial charge in [0.05, 0.1) is 17.5 Å². The molecular weight excluding hydrogens is 216 g/mol. The Balaban J connectivity index is 2.08. The van der Waals surface area contributed by atoms with E-state index in [2.05, 4.69) is 17.3 Å². The standard InChI is InChI=1S/C12H22N4O/c1-4-16-12(11(13)8(2)15-16)14-9-5-6-10(7-9)17-3/h9-10,14H,4-7,13H2,1-3H3. The van der Waals surface area contributed by atoms with Crippen LogP contribution in [0.1, 0.15) is 31.9 Å². The molecule has 2 rings (SSSR count). The van der Waals surface area contributed by atoms with Crippen molar-refractivity contribution in [1.29, 1.82) is 0 Å². The third kappa shape index (κ3) is 2.39. The van der Waals surface area contributed by atoms with Crippen LogP contribution in [0.15, 0.2) is 0 Å². The molecule has 0 spiro atoms. The Bertz CT molecular complexity index is 388. The lowest BCUT2D eigenvalue weighted by Crippen LogP contribution is -2.20. The SMILES string of the molecule is CCn1nc(C)c(N)c1NC1CCC(OC)C1. The molecule has 96 valence electrons. The zero-order valence-electron chi connectivity index (χ0n) is 10.9. The van der Waals surface area contributed by atoms with E-state index in [1.54, 1.807) is 7.11 Å². The average Bonchev–Trinajstić information content (AvgIpc) is 2.89. The van der Waals surface area contributed by atoms with Gasteiger partial charge in [-0.05, 0) is 33.1 Å². The molecule has 0 aliphatic heterocycles. The van der Waals surface area contributed by atoms with Gasteiger partial charge in [0.2, 0.25) is 0 Å². The summed E-state index contributed by atoms with van der Waals surface area (Å²) < 4.78 is 7.31. The van der Waals surface area contributed by atoms with Gasteiger partial charge >= 0.3 is 0 Å². The number of aryl methyl sites for hydroxylation is 2. The summed E-state index contributed by atoms with van der Waals surface area (Å²) >= 11 is 0. The second-order valence-corrected chi connectivity index (χ2v) is 4.68. The molecule has 0 aromatic carbocycles. The van der Waals surface area contributed by atoms with Crippen LogP contribution in [-0.2, 0) is 11.3 Å². The van der Waals surface area contributed by atoms with Crippen LogP contribution in [0.5, 0.6) is 0 Å². The van der Waals surface area contributed by atoms with E-state index in [0.29, 0.717) is 12.1 Å². The Labute approximate surface area is 102 Å². The van der Waals surface area contributed by atoms with Crippen molar-refractivity contribution in [2.24, 2.45) is 0 Å².